The summed E-state index contributed by atoms with van der Waals surface area (Å²) in [5.74, 6) is 1.11. The molecule has 2 rings (SSSR count). The molecular weight excluding hydrogens is 258 g/mol. The third-order valence-electron chi connectivity index (χ3n) is 3.41. The topological polar surface area (TPSA) is 68.5 Å². The van der Waals surface area contributed by atoms with Gasteiger partial charge >= 0.3 is 6.08 Å². The number of hydrogen-bond donors (Lipinski definition) is 0. The monoisotopic (exact) mass is 281 g/mol. The number of aromatic nitrogens is 2. The molecule has 1 aromatic heterocycles. The van der Waals surface area contributed by atoms with Crippen LogP contribution in [0, 0.1) is 5.92 Å². The second-order valence-electron chi connectivity index (χ2n) is 6.51. The van der Waals surface area contributed by atoms with Gasteiger partial charge in [0, 0.05) is 18.5 Å². The molecule has 1 saturated heterocycles. The van der Waals surface area contributed by atoms with Gasteiger partial charge in [-0.1, -0.05) is 32.9 Å². The standard InChI is InChI=1S/C14H23N3O3/c1-10-6-5-7-17(8-10)11(18)9-19-13-15-12(16-20-13)14(2,3)4/h10H,5-9H2,1-4H3/t10-/m1/s1. The van der Waals surface area contributed by atoms with E-state index in [1.165, 1.54) is 6.42 Å². The molecule has 0 bridgehead atoms. The molecule has 0 unspecified atom stereocenters. The number of ether oxygens (including phenoxy) is 1. The fraction of sp³-hybridized carbons (Fsp3) is 0.786. The quantitative estimate of drug-likeness (QED) is 0.847. The highest BCUT2D eigenvalue weighted by atomic mass is 16.6. The van der Waals surface area contributed by atoms with Gasteiger partial charge in [-0.05, 0) is 18.8 Å². The molecule has 1 fully saturated rings. The lowest BCUT2D eigenvalue weighted by Gasteiger charge is -2.30. The third kappa shape index (κ3) is 3.71. The van der Waals surface area contributed by atoms with Crippen LogP contribution in [-0.4, -0.2) is 40.6 Å². The van der Waals surface area contributed by atoms with E-state index in [1.807, 2.05) is 25.7 Å². The van der Waals surface area contributed by atoms with Gasteiger partial charge in [-0.2, -0.15) is 4.98 Å². The van der Waals surface area contributed by atoms with Gasteiger partial charge in [0.1, 0.15) is 0 Å². The minimum Gasteiger partial charge on any atom is -0.439 e. The summed E-state index contributed by atoms with van der Waals surface area (Å²) in [5.41, 5.74) is -0.197. The van der Waals surface area contributed by atoms with E-state index in [0.717, 1.165) is 19.5 Å². The number of likely N-dealkylation sites (tertiary alicyclic amines) is 1. The molecule has 20 heavy (non-hydrogen) atoms. The maximum Gasteiger partial charge on any atom is 0.417 e. The van der Waals surface area contributed by atoms with Crippen LogP contribution in [0.15, 0.2) is 4.52 Å². The Kier molecular flexibility index (Phi) is 4.30. The van der Waals surface area contributed by atoms with Crippen LogP contribution in [0.1, 0.15) is 46.4 Å². The molecule has 6 nitrogen and oxygen atoms in total. The van der Waals surface area contributed by atoms with Gasteiger partial charge < -0.3 is 9.64 Å². The maximum atomic E-state index is 12.0. The van der Waals surface area contributed by atoms with Gasteiger partial charge in [-0.15, -0.1) is 0 Å². The molecule has 0 aliphatic carbocycles. The molecule has 2 heterocycles. The molecular formula is C14H23N3O3. The molecule has 1 aromatic rings. The van der Waals surface area contributed by atoms with Crippen LogP contribution in [0.5, 0.6) is 6.08 Å². The zero-order valence-corrected chi connectivity index (χ0v) is 12.7. The summed E-state index contributed by atoms with van der Waals surface area (Å²) < 4.78 is 10.3. The van der Waals surface area contributed by atoms with E-state index in [4.69, 9.17) is 9.26 Å². The summed E-state index contributed by atoms with van der Waals surface area (Å²) in [6.45, 7) is 9.70. The number of piperidine rings is 1. The minimum absolute atomic E-state index is 0.0212. The summed E-state index contributed by atoms with van der Waals surface area (Å²) in [6.07, 6.45) is 2.30. The van der Waals surface area contributed by atoms with Crippen molar-refractivity contribution in [3.8, 4) is 6.08 Å². The van der Waals surface area contributed by atoms with E-state index < -0.39 is 0 Å². The van der Waals surface area contributed by atoms with Crippen molar-refractivity contribution < 1.29 is 14.1 Å². The first-order valence-corrected chi connectivity index (χ1v) is 7.11. The zero-order valence-electron chi connectivity index (χ0n) is 12.7. The zero-order chi connectivity index (χ0) is 14.8. The van der Waals surface area contributed by atoms with Gasteiger partial charge in [-0.3, -0.25) is 9.32 Å². The number of amides is 1. The first-order chi connectivity index (χ1) is 9.36. The van der Waals surface area contributed by atoms with E-state index in [1.54, 1.807) is 0 Å². The van der Waals surface area contributed by atoms with E-state index in [9.17, 15) is 4.79 Å². The van der Waals surface area contributed by atoms with Crippen LogP contribution >= 0.6 is 0 Å². The number of carbonyl (C=O) groups is 1. The molecule has 0 spiro atoms. The van der Waals surface area contributed by atoms with Gasteiger partial charge in [0.15, 0.2) is 12.4 Å². The van der Waals surface area contributed by atoms with Crippen LogP contribution in [-0.2, 0) is 10.2 Å². The predicted octanol–water partition coefficient (Wildman–Crippen LogP) is 2.00. The van der Waals surface area contributed by atoms with Gasteiger partial charge in [0.2, 0.25) is 0 Å². The Morgan fingerprint density at radius 3 is 2.85 bits per heavy atom. The normalized spacial score (nSPS) is 20.0. The largest absolute Gasteiger partial charge is 0.439 e. The summed E-state index contributed by atoms with van der Waals surface area (Å²) in [7, 11) is 0. The van der Waals surface area contributed by atoms with Gasteiger partial charge in [0.05, 0.1) is 0 Å². The van der Waals surface area contributed by atoms with Crippen LogP contribution in [0.3, 0.4) is 0 Å². The van der Waals surface area contributed by atoms with Gasteiger partial charge in [0.25, 0.3) is 5.91 Å². The second kappa shape index (κ2) is 5.81. The van der Waals surface area contributed by atoms with Crippen molar-refractivity contribution in [1.82, 2.24) is 15.0 Å². The Morgan fingerprint density at radius 1 is 1.50 bits per heavy atom. The molecule has 1 atom stereocenters. The lowest BCUT2D eigenvalue weighted by molar-refractivity contribution is -0.135. The Labute approximate surface area is 119 Å². The Hall–Kier alpha value is -1.59. The van der Waals surface area contributed by atoms with Crippen molar-refractivity contribution >= 4 is 5.91 Å². The fourth-order valence-corrected chi connectivity index (χ4v) is 2.20. The fourth-order valence-electron chi connectivity index (χ4n) is 2.20. The lowest BCUT2D eigenvalue weighted by Crippen LogP contribution is -2.41. The molecule has 0 radical (unpaired) electrons. The van der Waals surface area contributed by atoms with Gasteiger partial charge in [-0.25, -0.2) is 0 Å². The van der Waals surface area contributed by atoms with E-state index >= 15 is 0 Å². The first kappa shape index (κ1) is 14.8. The van der Waals surface area contributed by atoms with Crippen molar-refractivity contribution in [3.63, 3.8) is 0 Å². The highest BCUT2D eigenvalue weighted by molar-refractivity contribution is 5.77. The van der Waals surface area contributed by atoms with Crippen LogP contribution < -0.4 is 4.74 Å². The summed E-state index contributed by atoms with van der Waals surface area (Å²) in [4.78, 5) is 18.0. The van der Waals surface area contributed by atoms with Crippen LogP contribution in [0.25, 0.3) is 0 Å². The smallest absolute Gasteiger partial charge is 0.417 e. The van der Waals surface area contributed by atoms with E-state index in [0.29, 0.717) is 11.7 Å². The molecule has 0 aromatic carbocycles. The number of hydrogen-bond acceptors (Lipinski definition) is 5. The average molecular weight is 281 g/mol. The summed E-state index contributed by atoms with van der Waals surface area (Å²) >= 11 is 0. The molecule has 0 saturated carbocycles. The molecule has 1 amide bonds. The first-order valence-electron chi connectivity index (χ1n) is 7.11. The molecule has 0 N–H and O–H groups in total. The van der Waals surface area contributed by atoms with Crippen molar-refractivity contribution in [3.05, 3.63) is 5.82 Å². The van der Waals surface area contributed by atoms with Crippen molar-refractivity contribution in [1.29, 1.82) is 0 Å². The van der Waals surface area contributed by atoms with E-state index in [2.05, 4.69) is 17.1 Å². The number of rotatable bonds is 3. The maximum absolute atomic E-state index is 12.0. The highest BCUT2D eigenvalue weighted by Crippen LogP contribution is 2.21. The summed E-state index contributed by atoms with van der Waals surface area (Å²) in [5, 5.41) is 3.85. The third-order valence-corrected chi connectivity index (χ3v) is 3.41. The molecule has 6 heteroatoms. The van der Waals surface area contributed by atoms with Crippen molar-refractivity contribution in [2.24, 2.45) is 5.92 Å². The van der Waals surface area contributed by atoms with Crippen molar-refractivity contribution in [2.45, 2.75) is 46.0 Å². The van der Waals surface area contributed by atoms with Crippen molar-refractivity contribution in [2.75, 3.05) is 19.7 Å². The second-order valence-corrected chi connectivity index (χ2v) is 6.51. The van der Waals surface area contributed by atoms with Crippen LogP contribution in [0.2, 0.25) is 0 Å². The molecule has 112 valence electrons. The highest BCUT2D eigenvalue weighted by Gasteiger charge is 2.24. The average Bonchev–Trinajstić information content (AvgIpc) is 2.84. The SMILES string of the molecule is C[C@@H]1CCCN(C(=O)COc2nc(C(C)(C)C)no2)C1. The Balaban J connectivity index is 1.85. The Bertz CT molecular complexity index is 464. The number of nitrogens with zero attached hydrogens (tertiary/aromatic N) is 3. The van der Waals surface area contributed by atoms with Crippen LogP contribution in [0.4, 0.5) is 0 Å². The molecule has 1 aliphatic rings. The lowest BCUT2D eigenvalue weighted by atomic mass is 9.96. The minimum atomic E-state index is -0.197. The van der Waals surface area contributed by atoms with E-state index in [-0.39, 0.29) is 24.0 Å². The Morgan fingerprint density at radius 2 is 2.25 bits per heavy atom. The number of carbonyl (C=O) groups excluding carboxylic acids is 1. The molecule has 1 aliphatic heterocycles. The predicted molar refractivity (Wildman–Crippen MR) is 73.5 cm³/mol. The summed E-state index contributed by atoms with van der Waals surface area (Å²) in [6, 6.07) is 0.